The van der Waals surface area contributed by atoms with Gasteiger partial charge in [-0.25, -0.2) is 4.68 Å². The minimum Gasteiger partial charge on any atom is -0.363 e. The van der Waals surface area contributed by atoms with E-state index in [2.05, 4.69) is 29.5 Å². The number of hydrogen-bond acceptors (Lipinski definition) is 3. The van der Waals surface area contributed by atoms with Crippen molar-refractivity contribution in [3.05, 3.63) is 107 Å². The summed E-state index contributed by atoms with van der Waals surface area (Å²) in [6.07, 6.45) is -0.904. The molecule has 4 aromatic rings. The smallest absolute Gasteiger partial charge is 0.363 e. The summed E-state index contributed by atoms with van der Waals surface area (Å²) in [5.41, 5.74) is 3.65. The maximum absolute atomic E-state index is 13.1. The van der Waals surface area contributed by atoms with Crippen LogP contribution in [0.2, 0.25) is 0 Å². The molecular formula is C29H26F3N3O. The number of carbonyl (C=O) groups is 1. The van der Waals surface area contributed by atoms with Crippen molar-refractivity contribution in [3.8, 4) is 11.1 Å². The van der Waals surface area contributed by atoms with Crippen LogP contribution in [-0.4, -0.2) is 15.6 Å². The van der Waals surface area contributed by atoms with Crippen molar-refractivity contribution in [2.24, 2.45) is 0 Å². The first kappa shape index (κ1) is 23.9. The normalized spacial score (nSPS) is 17.3. The van der Waals surface area contributed by atoms with E-state index in [1.165, 1.54) is 17.7 Å². The zero-order chi connectivity index (χ0) is 25.3. The molecule has 0 radical (unpaired) electrons. The average molecular weight is 490 g/mol. The lowest BCUT2D eigenvalue weighted by atomic mass is 9.97. The number of carbonyl (C=O) groups excluding carboxylic acids is 1. The van der Waals surface area contributed by atoms with Crippen LogP contribution in [0.25, 0.3) is 11.1 Å². The van der Waals surface area contributed by atoms with E-state index in [1.807, 2.05) is 47.1 Å². The number of hydrogen-bond donors (Lipinski definition) is 1. The molecule has 2 unspecified atom stereocenters. The molecule has 5 rings (SSSR count). The second-order valence-electron chi connectivity index (χ2n) is 9.24. The molecule has 0 fully saturated rings. The summed E-state index contributed by atoms with van der Waals surface area (Å²) in [5.74, 6) is 0.793. The number of nitrogens with one attached hydrogen (secondary N) is 1. The predicted octanol–water partition coefficient (Wildman–Crippen LogP) is 7.50. The van der Waals surface area contributed by atoms with Crippen molar-refractivity contribution < 1.29 is 18.0 Å². The topological polar surface area (TPSA) is 46.9 Å². The summed E-state index contributed by atoms with van der Waals surface area (Å²) in [6, 6.07) is 23.2. The van der Waals surface area contributed by atoms with Gasteiger partial charge in [0, 0.05) is 6.42 Å². The molecule has 2 atom stereocenters. The molecule has 0 saturated carbocycles. The van der Waals surface area contributed by atoms with Crippen molar-refractivity contribution >= 4 is 11.6 Å². The van der Waals surface area contributed by atoms with E-state index in [-0.39, 0.29) is 17.9 Å². The Bertz CT molecular complexity index is 1340. The molecule has 1 aromatic heterocycles. The highest BCUT2D eigenvalue weighted by Gasteiger charge is 2.30. The van der Waals surface area contributed by atoms with Crippen molar-refractivity contribution in [1.29, 1.82) is 0 Å². The number of nitrogens with zero attached hydrogens (tertiary/aromatic N) is 2. The largest absolute Gasteiger partial charge is 0.416 e. The first-order valence-corrected chi connectivity index (χ1v) is 12.0. The molecule has 1 N–H and O–H groups in total. The van der Waals surface area contributed by atoms with Gasteiger partial charge in [0.25, 0.3) is 0 Å². The summed E-state index contributed by atoms with van der Waals surface area (Å²) in [7, 11) is 0. The molecule has 1 aliphatic heterocycles. The lowest BCUT2D eigenvalue weighted by molar-refractivity contribution is -0.137. The van der Waals surface area contributed by atoms with E-state index in [0.717, 1.165) is 35.5 Å². The molecule has 7 heteroatoms. The number of fused-ring (bicyclic) bond motifs is 1. The molecule has 184 valence electrons. The Morgan fingerprint density at radius 3 is 2.25 bits per heavy atom. The Hall–Kier alpha value is -3.87. The Kier molecular flexibility index (Phi) is 6.39. The standard InChI is InChI=1S/C29H26F3N3O/c1-19-17-26(23-5-3-2-4-6-23)34-28-25(18-33-35(19)28)27(36)16-9-20-7-10-21(11-8-20)22-12-14-24(15-13-22)29(30,31)32/h2-8,10-15,18-19,26,34H,9,16-17H2,1H3. The maximum atomic E-state index is 13.1. The van der Waals surface area contributed by atoms with E-state index in [0.29, 0.717) is 24.0 Å². The SMILES string of the molecule is CC1CC(c2ccccc2)Nc2c(C(=O)CCc3ccc(-c4ccc(C(F)(F)F)cc4)cc3)cnn21. The molecule has 0 amide bonds. The third-order valence-electron chi connectivity index (χ3n) is 6.74. The van der Waals surface area contributed by atoms with Gasteiger partial charge >= 0.3 is 6.18 Å². The number of Topliss-reactive ketones (excluding diaryl/α,β-unsaturated/α-hetero) is 1. The highest BCUT2D eigenvalue weighted by Crippen LogP contribution is 2.37. The lowest BCUT2D eigenvalue weighted by Crippen LogP contribution is -2.26. The number of rotatable bonds is 6. The van der Waals surface area contributed by atoms with Crippen LogP contribution in [0.5, 0.6) is 0 Å². The van der Waals surface area contributed by atoms with E-state index < -0.39 is 11.7 Å². The zero-order valence-electron chi connectivity index (χ0n) is 19.8. The predicted molar refractivity (Wildman–Crippen MR) is 134 cm³/mol. The second-order valence-corrected chi connectivity index (χ2v) is 9.24. The van der Waals surface area contributed by atoms with Crippen molar-refractivity contribution in [2.75, 3.05) is 5.32 Å². The van der Waals surface area contributed by atoms with E-state index >= 15 is 0 Å². The van der Waals surface area contributed by atoms with Gasteiger partial charge in [0.15, 0.2) is 5.78 Å². The molecular weight excluding hydrogens is 463 g/mol. The Balaban J connectivity index is 1.25. The minimum atomic E-state index is -4.35. The van der Waals surface area contributed by atoms with Crippen LogP contribution in [0, 0.1) is 0 Å². The molecule has 36 heavy (non-hydrogen) atoms. The van der Waals surface area contributed by atoms with Crippen molar-refractivity contribution in [2.45, 2.75) is 44.4 Å². The molecule has 0 saturated heterocycles. The maximum Gasteiger partial charge on any atom is 0.416 e. The fraction of sp³-hybridized carbons (Fsp3) is 0.241. The molecule has 0 spiro atoms. The van der Waals surface area contributed by atoms with Crippen LogP contribution in [0.15, 0.2) is 85.1 Å². The van der Waals surface area contributed by atoms with Crippen LogP contribution in [0.3, 0.4) is 0 Å². The average Bonchev–Trinajstić information content (AvgIpc) is 3.32. The number of aromatic nitrogens is 2. The monoisotopic (exact) mass is 489 g/mol. The first-order chi connectivity index (χ1) is 17.3. The second kappa shape index (κ2) is 9.64. The fourth-order valence-electron chi connectivity index (χ4n) is 4.72. The van der Waals surface area contributed by atoms with Gasteiger partial charge in [0.2, 0.25) is 0 Å². The first-order valence-electron chi connectivity index (χ1n) is 12.0. The molecule has 0 aliphatic carbocycles. The number of halogens is 3. The van der Waals surface area contributed by atoms with Gasteiger partial charge in [0.1, 0.15) is 5.82 Å². The lowest BCUT2D eigenvalue weighted by Gasteiger charge is -2.31. The van der Waals surface area contributed by atoms with Crippen LogP contribution in [0.1, 0.15) is 58.9 Å². The Morgan fingerprint density at radius 1 is 0.972 bits per heavy atom. The highest BCUT2D eigenvalue weighted by molar-refractivity contribution is 6.00. The third-order valence-corrected chi connectivity index (χ3v) is 6.74. The molecule has 3 aromatic carbocycles. The van der Waals surface area contributed by atoms with Crippen LogP contribution in [0.4, 0.5) is 19.0 Å². The quantitative estimate of drug-likeness (QED) is 0.285. The zero-order valence-corrected chi connectivity index (χ0v) is 19.8. The van der Waals surface area contributed by atoms with Crippen LogP contribution >= 0.6 is 0 Å². The van der Waals surface area contributed by atoms with Crippen LogP contribution < -0.4 is 5.32 Å². The van der Waals surface area contributed by atoms with Gasteiger partial charge in [-0.05, 0) is 54.2 Å². The number of anilines is 1. The summed E-state index contributed by atoms with van der Waals surface area (Å²) in [5, 5.41) is 7.99. The van der Waals surface area contributed by atoms with Gasteiger partial charge in [-0.2, -0.15) is 18.3 Å². The van der Waals surface area contributed by atoms with Crippen molar-refractivity contribution in [1.82, 2.24) is 9.78 Å². The van der Waals surface area contributed by atoms with Crippen molar-refractivity contribution in [3.63, 3.8) is 0 Å². The number of alkyl halides is 3. The Morgan fingerprint density at radius 2 is 1.61 bits per heavy atom. The molecule has 1 aliphatic rings. The Labute approximate surface area is 207 Å². The van der Waals surface area contributed by atoms with E-state index in [4.69, 9.17) is 0 Å². The highest BCUT2D eigenvalue weighted by atomic mass is 19.4. The number of ketones is 1. The molecule has 2 heterocycles. The van der Waals surface area contributed by atoms with Gasteiger partial charge < -0.3 is 5.32 Å². The molecule has 0 bridgehead atoms. The van der Waals surface area contributed by atoms with Gasteiger partial charge in [-0.15, -0.1) is 0 Å². The van der Waals surface area contributed by atoms with Gasteiger partial charge in [-0.3, -0.25) is 4.79 Å². The minimum absolute atomic E-state index is 0.0245. The summed E-state index contributed by atoms with van der Waals surface area (Å²) in [6.45, 7) is 2.11. The summed E-state index contributed by atoms with van der Waals surface area (Å²) >= 11 is 0. The number of benzene rings is 3. The third kappa shape index (κ3) is 4.91. The summed E-state index contributed by atoms with van der Waals surface area (Å²) < 4.78 is 40.3. The van der Waals surface area contributed by atoms with Gasteiger partial charge in [-0.1, -0.05) is 66.7 Å². The van der Waals surface area contributed by atoms with Gasteiger partial charge in [0.05, 0.1) is 29.4 Å². The summed E-state index contributed by atoms with van der Waals surface area (Å²) in [4.78, 5) is 13.1. The van der Waals surface area contributed by atoms with E-state index in [9.17, 15) is 18.0 Å². The fourth-order valence-corrected chi connectivity index (χ4v) is 4.72. The van der Waals surface area contributed by atoms with E-state index in [1.54, 1.807) is 6.20 Å². The molecule has 4 nitrogen and oxygen atoms in total. The van der Waals surface area contributed by atoms with Crippen LogP contribution in [-0.2, 0) is 12.6 Å². The number of aryl methyl sites for hydroxylation is 1.